The zero-order chi connectivity index (χ0) is 15.4. The number of hydrogen-bond donors (Lipinski definition) is 2. The van der Waals surface area contributed by atoms with Crippen molar-refractivity contribution < 1.29 is 4.79 Å². The molecule has 1 aromatic carbocycles. The summed E-state index contributed by atoms with van der Waals surface area (Å²) in [6, 6.07) is 5.05. The molecular formula is C16H24ClN3O. The Morgan fingerprint density at radius 3 is 2.95 bits per heavy atom. The van der Waals surface area contributed by atoms with Gasteiger partial charge in [-0.05, 0) is 49.9 Å². The van der Waals surface area contributed by atoms with Crippen LogP contribution in [0, 0.1) is 5.92 Å². The Morgan fingerprint density at radius 2 is 2.33 bits per heavy atom. The minimum Gasteiger partial charge on any atom is -0.399 e. The van der Waals surface area contributed by atoms with E-state index in [4.69, 9.17) is 17.3 Å². The molecule has 2 rings (SSSR count). The molecule has 0 spiro atoms. The summed E-state index contributed by atoms with van der Waals surface area (Å²) < 4.78 is 0. The molecule has 2 unspecified atom stereocenters. The molecule has 0 saturated carbocycles. The molecule has 0 aliphatic carbocycles. The number of carbonyl (C=O) groups is 1. The lowest BCUT2D eigenvalue weighted by atomic mass is 9.98. The first-order chi connectivity index (χ1) is 10.0. The predicted molar refractivity (Wildman–Crippen MR) is 88.5 cm³/mol. The minimum absolute atomic E-state index is 0.0123. The van der Waals surface area contributed by atoms with Crippen LogP contribution in [0.4, 0.5) is 11.4 Å². The summed E-state index contributed by atoms with van der Waals surface area (Å²) in [5.41, 5.74) is 6.89. The van der Waals surface area contributed by atoms with Crippen LogP contribution in [0.2, 0.25) is 5.02 Å². The van der Waals surface area contributed by atoms with Gasteiger partial charge in [-0.2, -0.15) is 0 Å². The number of piperidine rings is 1. The molecule has 116 valence electrons. The number of hydrogen-bond acceptors (Lipinski definition) is 3. The Kier molecular flexibility index (Phi) is 5.48. The molecule has 1 amide bonds. The molecule has 0 aromatic heterocycles. The molecule has 5 heteroatoms. The van der Waals surface area contributed by atoms with Crippen molar-refractivity contribution in [2.45, 2.75) is 39.2 Å². The van der Waals surface area contributed by atoms with Crippen LogP contribution in [-0.4, -0.2) is 29.9 Å². The Balaban J connectivity index is 2.06. The van der Waals surface area contributed by atoms with Crippen LogP contribution in [0.3, 0.4) is 0 Å². The number of nitrogens with zero attached hydrogens (tertiary/aromatic N) is 1. The van der Waals surface area contributed by atoms with E-state index in [-0.39, 0.29) is 11.9 Å². The van der Waals surface area contributed by atoms with Gasteiger partial charge in [0.05, 0.1) is 16.8 Å². The van der Waals surface area contributed by atoms with Gasteiger partial charge >= 0.3 is 0 Å². The van der Waals surface area contributed by atoms with Crippen molar-refractivity contribution >= 4 is 28.9 Å². The second kappa shape index (κ2) is 7.14. The summed E-state index contributed by atoms with van der Waals surface area (Å²) in [6.07, 6.45) is 3.21. The monoisotopic (exact) mass is 309 g/mol. The fraction of sp³-hybridized carbons (Fsp3) is 0.562. The van der Waals surface area contributed by atoms with Crippen LogP contribution in [0.25, 0.3) is 0 Å². The lowest BCUT2D eigenvalue weighted by molar-refractivity contribution is -0.122. The number of amides is 1. The maximum absolute atomic E-state index is 12.5. The van der Waals surface area contributed by atoms with Gasteiger partial charge in [0.2, 0.25) is 5.91 Å². The van der Waals surface area contributed by atoms with E-state index in [0.29, 0.717) is 22.3 Å². The number of anilines is 2. The van der Waals surface area contributed by atoms with Gasteiger partial charge < -0.3 is 11.1 Å². The number of rotatable bonds is 4. The van der Waals surface area contributed by atoms with Gasteiger partial charge in [0.25, 0.3) is 0 Å². The Labute approximate surface area is 131 Å². The first-order valence-electron chi connectivity index (χ1n) is 7.61. The number of halogens is 1. The highest BCUT2D eigenvalue weighted by Gasteiger charge is 2.28. The Morgan fingerprint density at radius 1 is 1.57 bits per heavy atom. The molecule has 1 saturated heterocycles. The van der Waals surface area contributed by atoms with Crippen LogP contribution < -0.4 is 11.1 Å². The molecule has 4 nitrogen and oxygen atoms in total. The lowest BCUT2D eigenvalue weighted by Gasteiger charge is -2.36. The first-order valence-corrected chi connectivity index (χ1v) is 7.99. The molecule has 1 fully saturated rings. The number of nitrogens with two attached hydrogens (primary N) is 1. The highest BCUT2D eigenvalue weighted by molar-refractivity contribution is 6.34. The van der Waals surface area contributed by atoms with E-state index in [1.54, 1.807) is 18.2 Å². The van der Waals surface area contributed by atoms with Gasteiger partial charge in [0.15, 0.2) is 0 Å². The van der Waals surface area contributed by atoms with Crippen molar-refractivity contribution in [3.05, 3.63) is 23.2 Å². The first kappa shape index (κ1) is 16.1. The molecule has 3 N–H and O–H groups in total. The highest BCUT2D eigenvalue weighted by Crippen LogP contribution is 2.25. The van der Waals surface area contributed by atoms with E-state index in [9.17, 15) is 4.79 Å². The van der Waals surface area contributed by atoms with Crippen LogP contribution in [0.15, 0.2) is 18.2 Å². The van der Waals surface area contributed by atoms with Crippen molar-refractivity contribution in [3.63, 3.8) is 0 Å². The maximum Gasteiger partial charge on any atom is 0.241 e. The zero-order valence-electron chi connectivity index (χ0n) is 12.7. The fourth-order valence-electron chi connectivity index (χ4n) is 2.97. The highest BCUT2D eigenvalue weighted by atomic mass is 35.5. The lowest BCUT2D eigenvalue weighted by Crippen LogP contribution is -2.48. The molecule has 1 aromatic rings. The summed E-state index contributed by atoms with van der Waals surface area (Å²) >= 11 is 6.12. The van der Waals surface area contributed by atoms with E-state index < -0.39 is 0 Å². The van der Waals surface area contributed by atoms with Gasteiger partial charge in [-0.15, -0.1) is 0 Å². The summed E-state index contributed by atoms with van der Waals surface area (Å²) in [6.45, 7) is 6.27. The molecule has 1 aliphatic heterocycles. The molecule has 0 radical (unpaired) electrons. The SMILES string of the molecule is CCC(C(=O)Nc1ccc(N)cc1Cl)N1CCCC(C)C1. The predicted octanol–water partition coefficient (Wildman–Crippen LogP) is 3.37. The van der Waals surface area contributed by atoms with Gasteiger partial charge in [0.1, 0.15) is 0 Å². The van der Waals surface area contributed by atoms with Crippen molar-refractivity contribution in [1.29, 1.82) is 0 Å². The van der Waals surface area contributed by atoms with E-state index in [2.05, 4.69) is 17.1 Å². The Hall–Kier alpha value is -1.26. The average Bonchev–Trinajstić information content (AvgIpc) is 2.43. The van der Waals surface area contributed by atoms with E-state index in [1.165, 1.54) is 6.42 Å². The standard InChI is InChI=1S/C16H24ClN3O/c1-3-15(20-8-4-5-11(2)10-20)16(21)19-14-7-6-12(18)9-13(14)17/h6-7,9,11,15H,3-5,8,10,18H2,1-2H3,(H,19,21). The molecule has 1 aliphatic rings. The second-order valence-corrected chi connectivity index (χ2v) is 6.30. The topological polar surface area (TPSA) is 58.4 Å². The van der Waals surface area contributed by atoms with Gasteiger partial charge in [-0.25, -0.2) is 0 Å². The quantitative estimate of drug-likeness (QED) is 0.838. The number of nitrogens with one attached hydrogen (secondary N) is 1. The number of carbonyl (C=O) groups excluding carboxylic acids is 1. The molecule has 0 bridgehead atoms. The van der Waals surface area contributed by atoms with E-state index >= 15 is 0 Å². The van der Waals surface area contributed by atoms with Crippen molar-refractivity contribution in [1.82, 2.24) is 4.90 Å². The second-order valence-electron chi connectivity index (χ2n) is 5.89. The third-order valence-electron chi connectivity index (χ3n) is 4.07. The van der Waals surface area contributed by atoms with Crippen molar-refractivity contribution in [2.75, 3.05) is 24.1 Å². The normalized spacial score (nSPS) is 21.0. The Bertz CT molecular complexity index is 506. The third kappa shape index (κ3) is 4.11. The van der Waals surface area contributed by atoms with E-state index in [1.807, 2.05) is 6.92 Å². The van der Waals surface area contributed by atoms with Crippen molar-refractivity contribution in [3.8, 4) is 0 Å². The number of nitrogen functional groups attached to an aromatic ring is 1. The smallest absolute Gasteiger partial charge is 0.241 e. The van der Waals surface area contributed by atoms with Crippen LogP contribution in [0.1, 0.15) is 33.1 Å². The van der Waals surface area contributed by atoms with Gasteiger partial charge in [-0.3, -0.25) is 9.69 Å². The molecular weight excluding hydrogens is 286 g/mol. The maximum atomic E-state index is 12.5. The van der Waals surface area contributed by atoms with Crippen LogP contribution in [0.5, 0.6) is 0 Å². The van der Waals surface area contributed by atoms with Crippen LogP contribution in [-0.2, 0) is 4.79 Å². The van der Waals surface area contributed by atoms with Gasteiger partial charge in [0, 0.05) is 12.2 Å². The van der Waals surface area contributed by atoms with Gasteiger partial charge in [-0.1, -0.05) is 25.4 Å². The van der Waals surface area contributed by atoms with Crippen molar-refractivity contribution in [2.24, 2.45) is 5.92 Å². The summed E-state index contributed by atoms with van der Waals surface area (Å²) in [5, 5.41) is 3.41. The largest absolute Gasteiger partial charge is 0.399 e. The number of benzene rings is 1. The summed E-state index contributed by atoms with van der Waals surface area (Å²) in [4.78, 5) is 14.8. The average molecular weight is 310 g/mol. The minimum atomic E-state index is -0.0960. The molecule has 2 atom stereocenters. The fourth-order valence-corrected chi connectivity index (χ4v) is 3.20. The zero-order valence-corrected chi connectivity index (χ0v) is 13.5. The molecule has 1 heterocycles. The van der Waals surface area contributed by atoms with E-state index in [0.717, 1.165) is 25.9 Å². The van der Waals surface area contributed by atoms with Crippen LogP contribution >= 0.6 is 11.6 Å². The summed E-state index contributed by atoms with van der Waals surface area (Å²) in [7, 11) is 0. The summed E-state index contributed by atoms with van der Waals surface area (Å²) in [5.74, 6) is 0.666. The molecule has 21 heavy (non-hydrogen) atoms. The number of likely N-dealkylation sites (tertiary alicyclic amines) is 1. The third-order valence-corrected chi connectivity index (χ3v) is 4.38.